The van der Waals surface area contributed by atoms with Crippen molar-refractivity contribution in [3.63, 3.8) is 0 Å². The third-order valence-corrected chi connectivity index (χ3v) is 5.22. The highest BCUT2D eigenvalue weighted by Gasteiger charge is 2.28. The number of carbonyl (C=O) groups is 1. The van der Waals surface area contributed by atoms with Crippen molar-refractivity contribution in [3.8, 4) is 17.0 Å². The zero-order valence-corrected chi connectivity index (χ0v) is 15.9. The van der Waals surface area contributed by atoms with Crippen molar-refractivity contribution in [1.82, 2.24) is 14.9 Å². The molecule has 5 heteroatoms. The topological polar surface area (TPSA) is 55.3 Å². The number of piperidine rings is 1. The zero-order chi connectivity index (χ0) is 19.3. The summed E-state index contributed by atoms with van der Waals surface area (Å²) in [4.78, 5) is 23.8. The molecule has 2 aromatic heterocycles. The lowest BCUT2D eigenvalue weighted by molar-refractivity contribution is 0.0611. The van der Waals surface area contributed by atoms with Crippen LogP contribution in [0.5, 0.6) is 5.88 Å². The Bertz CT molecular complexity index is 942. The van der Waals surface area contributed by atoms with E-state index in [9.17, 15) is 4.79 Å². The quantitative estimate of drug-likeness (QED) is 0.675. The second-order valence-corrected chi connectivity index (χ2v) is 6.97. The molecule has 1 saturated heterocycles. The highest BCUT2D eigenvalue weighted by molar-refractivity contribution is 5.95. The predicted molar refractivity (Wildman–Crippen MR) is 108 cm³/mol. The van der Waals surface area contributed by atoms with Crippen LogP contribution in [0.25, 0.3) is 11.1 Å². The maximum Gasteiger partial charge on any atom is 0.254 e. The van der Waals surface area contributed by atoms with Crippen molar-refractivity contribution in [2.75, 3.05) is 13.7 Å². The van der Waals surface area contributed by atoms with Crippen LogP contribution in [-0.2, 0) is 0 Å². The van der Waals surface area contributed by atoms with Crippen LogP contribution in [-0.4, -0.2) is 34.4 Å². The average molecular weight is 373 g/mol. The standard InChI is InChI=1S/C23H23N3O2/c1-28-22-11-10-19(16-25-22)17-6-4-7-18(14-17)23(27)26-13-3-2-9-21(26)20-8-5-12-24-15-20/h4-8,10-12,14-16,21H,2-3,9,13H2,1H3/t21-/m1/s1. The van der Waals surface area contributed by atoms with Gasteiger partial charge in [-0.25, -0.2) is 4.98 Å². The minimum Gasteiger partial charge on any atom is -0.481 e. The molecule has 0 aliphatic carbocycles. The Balaban J connectivity index is 1.61. The molecule has 1 aromatic carbocycles. The average Bonchev–Trinajstić information content (AvgIpc) is 2.79. The summed E-state index contributed by atoms with van der Waals surface area (Å²) in [5.41, 5.74) is 3.73. The molecule has 0 N–H and O–H groups in total. The Hall–Kier alpha value is -3.21. The Morgan fingerprint density at radius 3 is 2.75 bits per heavy atom. The van der Waals surface area contributed by atoms with Crippen LogP contribution in [0.3, 0.4) is 0 Å². The molecule has 1 amide bonds. The summed E-state index contributed by atoms with van der Waals surface area (Å²) in [5, 5.41) is 0. The fourth-order valence-electron chi connectivity index (χ4n) is 3.76. The fraction of sp³-hybridized carbons (Fsp3) is 0.261. The molecule has 1 fully saturated rings. The first kappa shape index (κ1) is 18.2. The molecule has 142 valence electrons. The number of pyridine rings is 2. The van der Waals surface area contributed by atoms with Crippen LogP contribution in [0.4, 0.5) is 0 Å². The largest absolute Gasteiger partial charge is 0.481 e. The van der Waals surface area contributed by atoms with E-state index in [1.807, 2.05) is 53.6 Å². The molecule has 1 aliphatic rings. The molecule has 5 nitrogen and oxygen atoms in total. The molecular weight excluding hydrogens is 350 g/mol. The normalized spacial score (nSPS) is 16.6. The van der Waals surface area contributed by atoms with Gasteiger partial charge >= 0.3 is 0 Å². The van der Waals surface area contributed by atoms with Gasteiger partial charge in [0, 0.05) is 42.3 Å². The van der Waals surface area contributed by atoms with Gasteiger partial charge in [0.2, 0.25) is 5.88 Å². The van der Waals surface area contributed by atoms with E-state index in [1.54, 1.807) is 19.5 Å². The van der Waals surface area contributed by atoms with E-state index in [4.69, 9.17) is 4.74 Å². The Kier molecular flexibility index (Phi) is 5.33. The highest BCUT2D eigenvalue weighted by Crippen LogP contribution is 2.32. The number of amides is 1. The van der Waals surface area contributed by atoms with Crippen molar-refractivity contribution < 1.29 is 9.53 Å². The number of nitrogens with zero attached hydrogens (tertiary/aromatic N) is 3. The smallest absolute Gasteiger partial charge is 0.254 e. The number of carbonyl (C=O) groups excluding carboxylic acids is 1. The summed E-state index contributed by atoms with van der Waals surface area (Å²) >= 11 is 0. The van der Waals surface area contributed by atoms with Crippen molar-refractivity contribution in [2.45, 2.75) is 25.3 Å². The number of rotatable bonds is 4. The molecule has 1 aliphatic heterocycles. The first-order valence-electron chi connectivity index (χ1n) is 9.57. The lowest BCUT2D eigenvalue weighted by Gasteiger charge is -2.36. The molecule has 3 heterocycles. The van der Waals surface area contributed by atoms with Gasteiger partial charge in [-0.15, -0.1) is 0 Å². The summed E-state index contributed by atoms with van der Waals surface area (Å²) in [5.74, 6) is 0.639. The molecule has 0 unspecified atom stereocenters. The molecule has 0 saturated carbocycles. The van der Waals surface area contributed by atoms with Gasteiger partial charge in [0.15, 0.2) is 0 Å². The minimum absolute atomic E-state index is 0.0665. The van der Waals surface area contributed by atoms with Gasteiger partial charge in [0.25, 0.3) is 5.91 Å². The number of aromatic nitrogens is 2. The lowest BCUT2D eigenvalue weighted by Crippen LogP contribution is -2.38. The Morgan fingerprint density at radius 2 is 2.00 bits per heavy atom. The van der Waals surface area contributed by atoms with Crippen LogP contribution in [0.15, 0.2) is 67.1 Å². The van der Waals surface area contributed by atoms with Gasteiger partial charge in [-0.2, -0.15) is 0 Å². The van der Waals surface area contributed by atoms with E-state index < -0.39 is 0 Å². The van der Waals surface area contributed by atoms with Gasteiger partial charge in [-0.05, 0) is 54.7 Å². The molecule has 4 rings (SSSR count). The summed E-state index contributed by atoms with van der Waals surface area (Å²) in [6.07, 6.45) is 8.54. The maximum absolute atomic E-state index is 13.3. The van der Waals surface area contributed by atoms with E-state index in [0.29, 0.717) is 11.4 Å². The van der Waals surface area contributed by atoms with Crippen molar-refractivity contribution in [2.24, 2.45) is 0 Å². The van der Waals surface area contributed by atoms with Crippen LogP contribution in [0, 0.1) is 0 Å². The van der Waals surface area contributed by atoms with Crippen LogP contribution >= 0.6 is 0 Å². The van der Waals surface area contributed by atoms with E-state index in [0.717, 1.165) is 42.5 Å². The third-order valence-electron chi connectivity index (χ3n) is 5.22. The summed E-state index contributed by atoms with van der Waals surface area (Å²) < 4.78 is 5.12. The van der Waals surface area contributed by atoms with E-state index in [2.05, 4.69) is 16.0 Å². The first-order chi connectivity index (χ1) is 13.8. The minimum atomic E-state index is 0.0665. The van der Waals surface area contributed by atoms with Gasteiger partial charge in [0.1, 0.15) is 0 Å². The highest BCUT2D eigenvalue weighted by atomic mass is 16.5. The van der Waals surface area contributed by atoms with Crippen LogP contribution in [0.2, 0.25) is 0 Å². The van der Waals surface area contributed by atoms with Gasteiger partial charge in [0.05, 0.1) is 13.2 Å². The van der Waals surface area contributed by atoms with Crippen LogP contribution in [0.1, 0.15) is 41.2 Å². The lowest BCUT2D eigenvalue weighted by atomic mass is 9.95. The van der Waals surface area contributed by atoms with E-state index >= 15 is 0 Å². The fourth-order valence-corrected chi connectivity index (χ4v) is 3.76. The third kappa shape index (κ3) is 3.74. The monoisotopic (exact) mass is 373 g/mol. The summed E-state index contributed by atoms with van der Waals surface area (Å²) in [6, 6.07) is 15.6. The van der Waals surface area contributed by atoms with Gasteiger partial charge in [-0.3, -0.25) is 9.78 Å². The molecular formula is C23H23N3O2. The summed E-state index contributed by atoms with van der Waals surface area (Å²) in [7, 11) is 1.60. The number of hydrogen-bond acceptors (Lipinski definition) is 4. The molecule has 0 radical (unpaired) electrons. The Morgan fingerprint density at radius 1 is 1.07 bits per heavy atom. The van der Waals surface area contributed by atoms with E-state index in [1.165, 1.54) is 0 Å². The summed E-state index contributed by atoms with van der Waals surface area (Å²) in [6.45, 7) is 0.771. The SMILES string of the molecule is COc1ccc(-c2cccc(C(=O)N3CCCC[C@@H]3c3cccnc3)c2)cn1. The van der Waals surface area contributed by atoms with Crippen molar-refractivity contribution in [3.05, 3.63) is 78.2 Å². The molecule has 0 bridgehead atoms. The number of methoxy groups -OCH3 is 1. The number of hydrogen-bond donors (Lipinski definition) is 0. The number of likely N-dealkylation sites (tertiary alicyclic amines) is 1. The maximum atomic E-state index is 13.3. The second-order valence-electron chi connectivity index (χ2n) is 6.97. The molecule has 3 aromatic rings. The molecule has 28 heavy (non-hydrogen) atoms. The van der Waals surface area contributed by atoms with Gasteiger partial charge < -0.3 is 9.64 Å². The molecule has 0 spiro atoms. The van der Waals surface area contributed by atoms with Crippen molar-refractivity contribution >= 4 is 5.91 Å². The zero-order valence-electron chi connectivity index (χ0n) is 15.9. The van der Waals surface area contributed by atoms with Crippen molar-refractivity contribution in [1.29, 1.82) is 0 Å². The Labute approximate surface area is 165 Å². The first-order valence-corrected chi connectivity index (χ1v) is 9.57. The van der Waals surface area contributed by atoms with Crippen LogP contribution < -0.4 is 4.74 Å². The number of ether oxygens (including phenoxy) is 1. The predicted octanol–water partition coefficient (Wildman–Crippen LogP) is 4.52. The van der Waals surface area contributed by atoms with Gasteiger partial charge in [-0.1, -0.05) is 18.2 Å². The number of benzene rings is 1. The molecule has 1 atom stereocenters. The van der Waals surface area contributed by atoms with E-state index in [-0.39, 0.29) is 11.9 Å². The second kappa shape index (κ2) is 8.21.